The molecule has 1 fully saturated rings. The van der Waals surface area contributed by atoms with Crippen LogP contribution in [0.1, 0.15) is 36.1 Å². The lowest BCUT2D eigenvalue weighted by atomic mass is 9.94. The lowest BCUT2D eigenvalue weighted by molar-refractivity contribution is -0.0393. The number of benzene rings is 1. The average Bonchev–Trinajstić information content (AvgIpc) is 2.41. The van der Waals surface area contributed by atoms with Crippen molar-refractivity contribution in [2.75, 3.05) is 33.3 Å². The zero-order valence-electron chi connectivity index (χ0n) is 13.3. The molecule has 0 saturated carbocycles. The van der Waals surface area contributed by atoms with Gasteiger partial charge in [-0.3, -0.25) is 0 Å². The maximum Gasteiger partial charge on any atom is 0.0896 e. The minimum atomic E-state index is 0.238. The summed E-state index contributed by atoms with van der Waals surface area (Å²) in [5.74, 6) is 0. The Labute approximate surface area is 123 Å². The van der Waals surface area contributed by atoms with Crippen molar-refractivity contribution in [2.24, 2.45) is 0 Å². The van der Waals surface area contributed by atoms with E-state index in [9.17, 15) is 0 Å². The van der Waals surface area contributed by atoms with Gasteiger partial charge in [-0.05, 0) is 45.0 Å². The Morgan fingerprint density at radius 1 is 1.40 bits per heavy atom. The molecule has 2 rings (SSSR count). The van der Waals surface area contributed by atoms with E-state index in [1.165, 1.54) is 16.7 Å². The molecular formula is C17H28N2O. The molecule has 3 nitrogen and oxygen atoms in total. The molecule has 2 unspecified atom stereocenters. The molecule has 1 aromatic carbocycles. The van der Waals surface area contributed by atoms with Gasteiger partial charge in [-0.15, -0.1) is 0 Å². The van der Waals surface area contributed by atoms with Crippen LogP contribution in [0.2, 0.25) is 0 Å². The van der Waals surface area contributed by atoms with Crippen LogP contribution in [-0.4, -0.2) is 44.3 Å². The number of aryl methyl sites for hydroxylation is 2. The molecule has 1 saturated heterocycles. The number of likely N-dealkylation sites (N-methyl/N-ethyl adjacent to an activating group) is 1. The van der Waals surface area contributed by atoms with Gasteiger partial charge in [0.2, 0.25) is 0 Å². The van der Waals surface area contributed by atoms with E-state index in [0.717, 1.165) is 32.7 Å². The zero-order valence-corrected chi connectivity index (χ0v) is 13.3. The van der Waals surface area contributed by atoms with E-state index in [4.69, 9.17) is 4.74 Å². The average molecular weight is 276 g/mol. The Balaban J connectivity index is 2.21. The summed E-state index contributed by atoms with van der Waals surface area (Å²) in [4.78, 5) is 2.36. The van der Waals surface area contributed by atoms with Crippen LogP contribution in [0.3, 0.4) is 0 Å². The second-order valence-electron chi connectivity index (χ2n) is 5.96. The highest BCUT2D eigenvalue weighted by Gasteiger charge is 2.28. The van der Waals surface area contributed by atoms with Crippen molar-refractivity contribution in [3.05, 3.63) is 34.9 Å². The third-order valence-electron chi connectivity index (χ3n) is 4.04. The maximum atomic E-state index is 6.04. The summed E-state index contributed by atoms with van der Waals surface area (Å²) in [7, 11) is 2.17. The van der Waals surface area contributed by atoms with Crippen molar-refractivity contribution in [3.63, 3.8) is 0 Å². The van der Waals surface area contributed by atoms with E-state index in [1.807, 2.05) is 0 Å². The normalized spacial score (nSPS) is 21.9. The van der Waals surface area contributed by atoms with E-state index >= 15 is 0 Å². The third-order valence-corrected chi connectivity index (χ3v) is 4.04. The van der Waals surface area contributed by atoms with Crippen LogP contribution in [0.25, 0.3) is 0 Å². The first-order valence-corrected chi connectivity index (χ1v) is 7.72. The first-order valence-electron chi connectivity index (χ1n) is 7.72. The quantitative estimate of drug-likeness (QED) is 0.895. The SMILES string of the molecule is CCCNC(c1ccc(C)cc1C)C1CN(C)CCO1. The van der Waals surface area contributed by atoms with Crippen LogP contribution in [-0.2, 0) is 4.74 Å². The molecule has 1 aliphatic rings. The largest absolute Gasteiger partial charge is 0.374 e. The molecular weight excluding hydrogens is 248 g/mol. The first kappa shape index (κ1) is 15.5. The van der Waals surface area contributed by atoms with E-state index in [1.54, 1.807) is 0 Å². The van der Waals surface area contributed by atoms with Gasteiger partial charge in [0.15, 0.2) is 0 Å². The van der Waals surface area contributed by atoms with E-state index in [2.05, 4.69) is 56.2 Å². The number of ether oxygens (including phenoxy) is 1. The third kappa shape index (κ3) is 3.81. The van der Waals surface area contributed by atoms with Crippen LogP contribution >= 0.6 is 0 Å². The van der Waals surface area contributed by atoms with Crippen LogP contribution in [0.4, 0.5) is 0 Å². The van der Waals surface area contributed by atoms with Gasteiger partial charge in [-0.2, -0.15) is 0 Å². The number of hydrogen-bond donors (Lipinski definition) is 1. The van der Waals surface area contributed by atoms with Crippen molar-refractivity contribution < 1.29 is 4.74 Å². The topological polar surface area (TPSA) is 24.5 Å². The molecule has 1 aromatic rings. The molecule has 0 aliphatic carbocycles. The number of rotatable bonds is 5. The molecule has 20 heavy (non-hydrogen) atoms. The minimum Gasteiger partial charge on any atom is -0.374 e. The summed E-state index contributed by atoms with van der Waals surface area (Å²) in [6.07, 6.45) is 1.38. The predicted octanol–water partition coefficient (Wildman–Crippen LogP) is 2.67. The maximum absolute atomic E-state index is 6.04. The van der Waals surface area contributed by atoms with Crippen molar-refractivity contribution in [2.45, 2.75) is 39.3 Å². The van der Waals surface area contributed by atoms with Gasteiger partial charge in [0.05, 0.1) is 18.8 Å². The Morgan fingerprint density at radius 3 is 2.85 bits per heavy atom. The first-order chi connectivity index (χ1) is 9.61. The van der Waals surface area contributed by atoms with Gasteiger partial charge >= 0.3 is 0 Å². The lowest BCUT2D eigenvalue weighted by Gasteiger charge is -2.36. The van der Waals surface area contributed by atoms with E-state index in [-0.39, 0.29) is 6.10 Å². The number of morpholine rings is 1. The van der Waals surface area contributed by atoms with E-state index in [0.29, 0.717) is 6.04 Å². The molecule has 1 N–H and O–H groups in total. The summed E-state index contributed by atoms with van der Waals surface area (Å²) in [5.41, 5.74) is 4.06. The summed E-state index contributed by atoms with van der Waals surface area (Å²) in [6, 6.07) is 7.02. The zero-order chi connectivity index (χ0) is 14.5. The van der Waals surface area contributed by atoms with Crippen molar-refractivity contribution in [1.82, 2.24) is 10.2 Å². The highest BCUT2D eigenvalue weighted by atomic mass is 16.5. The highest BCUT2D eigenvalue weighted by Crippen LogP contribution is 2.25. The van der Waals surface area contributed by atoms with Gasteiger partial charge in [0.1, 0.15) is 0 Å². The molecule has 0 radical (unpaired) electrons. The van der Waals surface area contributed by atoms with Gasteiger partial charge in [0, 0.05) is 13.1 Å². The van der Waals surface area contributed by atoms with Crippen molar-refractivity contribution >= 4 is 0 Å². The smallest absolute Gasteiger partial charge is 0.0896 e. The molecule has 2 atom stereocenters. The highest BCUT2D eigenvalue weighted by molar-refractivity contribution is 5.33. The van der Waals surface area contributed by atoms with Crippen LogP contribution < -0.4 is 5.32 Å². The number of hydrogen-bond acceptors (Lipinski definition) is 3. The second-order valence-corrected chi connectivity index (χ2v) is 5.96. The number of nitrogens with one attached hydrogen (secondary N) is 1. The van der Waals surface area contributed by atoms with Crippen LogP contribution in [0, 0.1) is 13.8 Å². The Hall–Kier alpha value is -0.900. The molecule has 0 bridgehead atoms. The fraction of sp³-hybridized carbons (Fsp3) is 0.647. The minimum absolute atomic E-state index is 0.238. The molecule has 3 heteroatoms. The van der Waals surface area contributed by atoms with Gasteiger partial charge in [-0.25, -0.2) is 0 Å². The Morgan fingerprint density at radius 2 is 2.20 bits per heavy atom. The van der Waals surface area contributed by atoms with Crippen LogP contribution in [0.15, 0.2) is 18.2 Å². The summed E-state index contributed by atoms with van der Waals surface area (Å²) in [5, 5.41) is 3.68. The Bertz CT molecular complexity index is 433. The second kappa shape index (κ2) is 7.21. The van der Waals surface area contributed by atoms with Crippen molar-refractivity contribution in [3.8, 4) is 0 Å². The van der Waals surface area contributed by atoms with Gasteiger partial charge < -0.3 is 15.0 Å². The molecule has 112 valence electrons. The fourth-order valence-electron chi connectivity index (χ4n) is 2.93. The van der Waals surface area contributed by atoms with Gasteiger partial charge in [-0.1, -0.05) is 30.7 Å². The molecule has 0 amide bonds. The summed E-state index contributed by atoms with van der Waals surface area (Å²) in [6.45, 7) is 10.4. The Kier molecular flexibility index (Phi) is 5.58. The molecule has 0 spiro atoms. The summed E-state index contributed by atoms with van der Waals surface area (Å²) >= 11 is 0. The molecule has 1 heterocycles. The standard InChI is InChI=1S/C17H28N2O/c1-5-8-18-17(16-12-19(4)9-10-20-16)15-7-6-13(2)11-14(15)3/h6-7,11,16-18H,5,8-10,12H2,1-4H3. The number of nitrogens with zero attached hydrogens (tertiary/aromatic N) is 1. The lowest BCUT2D eigenvalue weighted by Crippen LogP contribution is -2.47. The fourth-order valence-corrected chi connectivity index (χ4v) is 2.93. The molecule has 0 aromatic heterocycles. The predicted molar refractivity (Wildman–Crippen MR) is 84.2 cm³/mol. The van der Waals surface area contributed by atoms with Gasteiger partial charge in [0.25, 0.3) is 0 Å². The summed E-state index contributed by atoms with van der Waals surface area (Å²) < 4.78 is 6.04. The van der Waals surface area contributed by atoms with Crippen molar-refractivity contribution in [1.29, 1.82) is 0 Å². The monoisotopic (exact) mass is 276 g/mol. The molecule has 1 aliphatic heterocycles. The van der Waals surface area contributed by atoms with Crippen LogP contribution in [0.5, 0.6) is 0 Å². The van der Waals surface area contributed by atoms with E-state index < -0.39 is 0 Å².